The van der Waals surface area contributed by atoms with E-state index in [9.17, 15) is 14.5 Å². The van der Waals surface area contributed by atoms with Gasteiger partial charge in [0.2, 0.25) is 0 Å². The van der Waals surface area contributed by atoms with E-state index in [1.54, 1.807) is 26.0 Å². The summed E-state index contributed by atoms with van der Waals surface area (Å²) in [6.07, 6.45) is 0. The first kappa shape index (κ1) is 10.5. The van der Waals surface area contributed by atoms with Crippen molar-refractivity contribution in [1.82, 2.24) is 4.98 Å². The largest absolute Gasteiger partial charge is 0.298 e. The topological polar surface area (TPSA) is 56.0 Å². The van der Waals surface area contributed by atoms with Crippen LogP contribution in [0.15, 0.2) is 18.2 Å². The fraction of sp³-hybridized carbons (Fsp3) is 0.182. The van der Waals surface area contributed by atoms with Crippen LogP contribution in [-0.2, 0) is 0 Å². The molecule has 0 fully saturated rings. The summed E-state index contributed by atoms with van der Waals surface area (Å²) in [4.78, 5) is 14.3. The highest BCUT2D eigenvalue weighted by Crippen LogP contribution is 2.28. The van der Waals surface area contributed by atoms with E-state index in [1.807, 2.05) is 0 Å². The number of benzene rings is 1. The maximum atomic E-state index is 13.4. The first-order chi connectivity index (χ1) is 7.50. The Labute approximate surface area is 90.9 Å². The monoisotopic (exact) mass is 220 g/mol. The first-order valence-corrected chi connectivity index (χ1v) is 4.71. The molecule has 16 heavy (non-hydrogen) atoms. The lowest BCUT2D eigenvalue weighted by Crippen LogP contribution is -1.96. The van der Waals surface area contributed by atoms with Crippen LogP contribution >= 0.6 is 0 Å². The van der Waals surface area contributed by atoms with Crippen molar-refractivity contribution in [2.24, 2.45) is 0 Å². The maximum Gasteiger partial charge on any atom is 0.298 e. The molecular formula is C11H9FN2O2. The van der Waals surface area contributed by atoms with E-state index in [2.05, 4.69) is 4.98 Å². The van der Waals surface area contributed by atoms with Crippen molar-refractivity contribution in [2.45, 2.75) is 13.8 Å². The van der Waals surface area contributed by atoms with Gasteiger partial charge in [0.1, 0.15) is 11.3 Å². The number of hydrogen-bond donors (Lipinski definition) is 0. The molecule has 0 aliphatic rings. The average Bonchev–Trinajstić information content (AvgIpc) is 2.22. The predicted molar refractivity (Wildman–Crippen MR) is 57.8 cm³/mol. The second-order valence-electron chi connectivity index (χ2n) is 3.61. The summed E-state index contributed by atoms with van der Waals surface area (Å²) in [7, 11) is 0. The van der Waals surface area contributed by atoms with Crippen molar-refractivity contribution in [2.75, 3.05) is 0 Å². The standard InChI is InChI=1S/C11H9FN2O2/c1-6-3-4-8-7(2)9(12)5-10(14(15)16)11(8)13-6/h3-5H,1-2H3. The zero-order valence-corrected chi connectivity index (χ0v) is 8.82. The van der Waals surface area contributed by atoms with Crippen LogP contribution in [-0.4, -0.2) is 9.91 Å². The molecule has 4 nitrogen and oxygen atoms in total. The summed E-state index contributed by atoms with van der Waals surface area (Å²) < 4.78 is 13.4. The molecule has 1 aromatic heterocycles. The predicted octanol–water partition coefficient (Wildman–Crippen LogP) is 2.90. The molecule has 1 aromatic carbocycles. The Morgan fingerprint density at radius 2 is 2.06 bits per heavy atom. The number of pyridine rings is 1. The number of halogens is 1. The zero-order chi connectivity index (χ0) is 11.9. The molecule has 0 radical (unpaired) electrons. The second-order valence-corrected chi connectivity index (χ2v) is 3.61. The number of non-ortho nitro benzene ring substituents is 1. The van der Waals surface area contributed by atoms with Crippen molar-refractivity contribution in [3.63, 3.8) is 0 Å². The van der Waals surface area contributed by atoms with Gasteiger partial charge in [0.25, 0.3) is 5.69 Å². The molecule has 0 unspecified atom stereocenters. The third-order valence-corrected chi connectivity index (χ3v) is 2.50. The molecule has 0 amide bonds. The van der Waals surface area contributed by atoms with Crippen LogP contribution in [0.3, 0.4) is 0 Å². The number of fused-ring (bicyclic) bond motifs is 1. The van der Waals surface area contributed by atoms with E-state index >= 15 is 0 Å². The highest BCUT2D eigenvalue weighted by atomic mass is 19.1. The lowest BCUT2D eigenvalue weighted by atomic mass is 10.1. The van der Waals surface area contributed by atoms with Gasteiger partial charge < -0.3 is 0 Å². The van der Waals surface area contributed by atoms with E-state index in [1.165, 1.54) is 0 Å². The molecule has 0 N–H and O–H groups in total. The van der Waals surface area contributed by atoms with Crippen LogP contribution in [0.2, 0.25) is 0 Å². The van der Waals surface area contributed by atoms with Gasteiger partial charge >= 0.3 is 0 Å². The van der Waals surface area contributed by atoms with Crippen LogP contribution < -0.4 is 0 Å². The van der Waals surface area contributed by atoms with E-state index in [0.717, 1.165) is 6.07 Å². The van der Waals surface area contributed by atoms with Gasteiger partial charge in [0.05, 0.1) is 11.0 Å². The molecule has 0 saturated heterocycles. The zero-order valence-electron chi connectivity index (χ0n) is 8.82. The van der Waals surface area contributed by atoms with Gasteiger partial charge in [-0.3, -0.25) is 10.1 Å². The van der Waals surface area contributed by atoms with Crippen LogP contribution in [0.25, 0.3) is 10.9 Å². The Hall–Kier alpha value is -2.04. The molecule has 0 saturated carbocycles. The average molecular weight is 220 g/mol. The summed E-state index contributed by atoms with van der Waals surface area (Å²) in [5.74, 6) is -0.579. The Balaban J connectivity index is 2.95. The van der Waals surface area contributed by atoms with Gasteiger partial charge in [0.15, 0.2) is 0 Å². The van der Waals surface area contributed by atoms with Gasteiger partial charge in [-0.15, -0.1) is 0 Å². The van der Waals surface area contributed by atoms with E-state index in [4.69, 9.17) is 0 Å². The lowest BCUT2D eigenvalue weighted by molar-refractivity contribution is -0.383. The molecule has 0 aliphatic carbocycles. The number of nitrogens with zero attached hydrogens (tertiary/aromatic N) is 2. The summed E-state index contributed by atoms with van der Waals surface area (Å²) in [5, 5.41) is 11.3. The molecule has 5 heteroatoms. The third-order valence-electron chi connectivity index (χ3n) is 2.50. The Morgan fingerprint density at radius 3 is 2.69 bits per heavy atom. The maximum absolute atomic E-state index is 13.4. The van der Waals surface area contributed by atoms with E-state index in [-0.39, 0.29) is 11.2 Å². The van der Waals surface area contributed by atoms with E-state index < -0.39 is 10.7 Å². The molecule has 2 rings (SSSR count). The summed E-state index contributed by atoms with van der Waals surface area (Å²) in [5.41, 5.74) is 1.00. The minimum atomic E-state index is -0.614. The Bertz CT molecular complexity index is 596. The van der Waals surface area contributed by atoms with Crippen molar-refractivity contribution < 1.29 is 9.31 Å². The van der Waals surface area contributed by atoms with Crippen LogP contribution in [0.1, 0.15) is 11.3 Å². The first-order valence-electron chi connectivity index (χ1n) is 4.71. The van der Waals surface area contributed by atoms with Crippen LogP contribution in [0.5, 0.6) is 0 Å². The second kappa shape index (κ2) is 3.52. The van der Waals surface area contributed by atoms with Crippen LogP contribution in [0.4, 0.5) is 10.1 Å². The Kier molecular flexibility index (Phi) is 2.30. The fourth-order valence-electron chi connectivity index (χ4n) is 1.62. The van der Waals surface area contributed by atoms with Crippen LogP contribution in [0, 0.1) is 29.8 Å². The molecule has 0 atom stereocenters. The normalized spacial score (nSPS) is 10.7. The minimum absolute atomic E-state index is 0.240. The van der Waals surface area contributed by atoms with Gasteiger partial charge in [-0.2, -0.15) is 0 Å². The smallest absolute Gasteiger partial charge is 0.258 e. The quantitative estimate of drug-likeness (QED) is 0.548. The number of hydrogen-bond acceptors (Lipinski definition) is 3. The lowest BCUT2D eigenvalue weighted by Gasteiger charge is -2.04. The van der Waals surface area contributed by atoms with Crippen molar-refractivity contribution >= 4 is 16.6 Å². The van der Waals surface area contributed by atoms with Crippen molar-refractivity contribution in [1.29, 1.82) is 0 Å². The van der Waals surface area contributed by atoms with E-state index in [0.29, 0.717) is 16.6 Å². The number of rotatable bonds is 1. The molecule has 82 valence electrons. The molecule has 0 aliphatic heterocycles. The minimum Gasteiger partial charge on any atom is -0.258 e. The molecule has 0 bridgehead atoms. The summed E-state index contributed by atoms with van der Waals surface area (Å²) in [6, 6.07) is 4.28. The summed E-state index contributed by atoms with van der Waals surface area (Å²) in [6.45, 7) is 3.32. The SMILES string of the molecule is Cc1ccc2c(C)c(F)cc([N+](=O)[O-])c2n1. The number of nitro groups is 1. The van der Waals surface area contributed by atoms with Crippen molar-refractivity contribution in [3.05, 3.63) is 45.4 Å². The Morgan fingerprint density at radius 1 is 1.38 bits per heavy atom. The highest BCUT2D eigenvalue weighted by Gasteiger charge is 2.18. The number of aryl methyl sites for hydroxylation is 2. The summed E-state index contributed by atoms with van der Waals surface area (Å²) >= 11 is 0. The number of nitro benzene ring substituents is 1. The van der Waals surface area contributed by atoms with Gasteiger partial charge in [0, 0.05) is 11.1 Å². The molecule has 0 spiro atoms. The molecule has 2 aromatic rings. The van der Waals surface area contributed by atoms with Crippen molar-refractivity contribution in [3.8, 4) is 0 Å². The fourth-order valence-corrected chi connectivity index (χ4v) is 1.62. The highest BCUT2D eigenvalue weighted by molar-refractivity contribution is 5.90. The van der Waals surface area contributed by atoms with Gasteiger partial charge in [-0.25, -0.2) is 9.37 Å². The van der Waals surface area contributed by atoms with Gasteiger partial charge in [-0.1, -0.05) is 6.07 Å². The molecule has 1 heterocycles. The number of aromatic nitrogens is 1. The van der Waals surface area contributed by atoms with Gasteiger partial charge in [-0.05, 0) is 25.5 Å². The third kappa shape index (κ3) is 1.50. The molecular weight excluding hydrogens is 211 g/mol.